The Hall–Kier alpha value is -1.55. The van der Waals surface area contributed by atoms with Crippen molar-refractivity contribution in [1.29, 1.82) is 0 Å². The molecule has 0 radical (unpaired) electrons. The number of rotatable bonds is 9. The quantitative estimate of drug-likeness (QED) is 0.707. The van der Waals surface area contributed by atoms with E-state index in [0.29, 0.717) is 6.61 Å². The first-order chi connectivity index (χ1) is 10.8. The van der Waals surface area contributed by atoms with Crippen LogP contribution in [0.5, 0.6) is 5.75 Å². The molecule has 0 aliphatic rings. The Labute approximate surface area is 137 Å². The van der Waals surface area contributed by atoms with Gasteiger partial charge in [-0.2, -0.15) is 0 Å². The minimum Gasteiger partial charge on any atom is -0.489 e. The van der Waals surface area contributed by atoms with Gasteiger partial charge < -0.3 is 14.8 Å². The zero-order valence-corrected chi connectivity index (χ0v) is 13.6. The number of methoxy groups -OCH3 is 1. The van der Waals surface area contributed by atoms with Crippen LogP contribution in [0.25, 0.3) is 0 Å². The molecule has 2 aromatic rings. The number of ether oxygens (including phenoxy) is 2. The van der Waals surface area contributed by atoms with Crippen LogP contribution in [0, 0.1) is 0 Å². The van der Waals surface area contributed by atoms with E-state index in [1.807, 2.05) is 42.5 Å². The van der Waals surface area contributed by atoms with Gasteiger partial charge in [-0.1, -0.05) is 48.0 Å². The average molecular weight is 320 g/mol. The third-order valence-corrected chi connectivity index (χ3v) is 3.70. The monoisotopic (exact) mass is 319 g/mol. The predicted octanol–water partition coefficient (Wildman–Crippen LogP) is 4.05. The van der Waals surface area contributed by atoms with Crippen LogP contribution >= 0.6 is 11.6 Å². The van der Waals surface area contributed by atoms with Crippen molar-refractivity contribution >= 4 is 11.6 Å². The first kappa shape index (κ1) is 16.8. The molecule has 2 aromatic carbocycles. The lowest BCUT2D eigenvalue weighted by Gasteiger charge is -2.13. The zero-order valence-electron chi connectivity index (χ0n) is 12.8. The number of para-hydroxylation sites is 1. The van der Waals surface area contributed by atoms with Crippen LogP contribution in [-0.2, 0) is 17.9 Å². The summed E-state index contributed by atoms with van der Waals surface area (Å²) in [5, 5.41) is 4.13. The molecule has 0 unspecified atom stereocenters. The molecule has 3 nitrogen and oxygen atoms in total. The van der Waals surface area contributed by atoms with Crippen molar-refractivity contribution in [2.75, 3.05) is 20.3 Å². The minimum atomic E-state index is 0.473. The van der Waals surface area contributed by atoms with E-state index in [1.165, 1.54) is 0 Å². The van der Waals surface area contributed by atoms with E-state index in [-0.39, 0.29) is 0 Å². The lowest BCUT2D eigenvalue weighted by molar-refractivity contribution is 0.194. The highest BCUT2D eigenvalue weighted by atomic mass is 35.5. The summed E-state index contributed by atoms with van der Waals surface area (Å²) < 4.78 is 11.0. The van der Waals surface area contributed by atoms with Crippen LogP contribution < -0.4 is 10.1 Å². The van der Waals surface area contributed by atoms with Gasteiger partial charge in [0.2, 0.25) is 0 Å². The molecule has 0 aliphatic carbocycles. The Balaban J connectivity index is 1.89. The lowest BCUT2D eigenvalue weighted by Crippen LogP contribution is -2.16. The second-order valence-corrected chi connectivity index (χ2v) is 5.42. The molecule has 118 valence electrons. The maximum absolute atomic E-state index is 6.16. The fraction of sp³-hybridized carbons (Fsp3) is 0.333. The highest BCUT2D eigenvalue weighted by molar-refractivity contribution is 6.31. The molecule has 22 heavy (non-hydrogen) atoms. The van der Waals surface area contributed by atoms with Crippen LogP contribution in [0.4, 0.5) is 0 Å². The summed E-state index contributed by atoms with van der Waals surface area (Å²) in [4.78, 5) is 0. The molecule has 1 N–H and O–H groups in total. The predicted molar refractivity (Wildman–Crippen MR) is 90.4 cm³/mol. The van der Waals surface area contributed by atoms with Crippen molar-refractivity contribution in [3.8, 4) is 5.75 Å². The first-order valence-corrected chi connectivity index (χ1v) is 7.83. The SMILES string of the molecule is COCCCNCc1ccccc1OCc1ccccc1Cl. The van der Waals surface area contributed by atoms with Gasteiger partial charge in [-0.15, -0.1) is 0 Å². The molecule has 0 aliphatic heterocycles. The van der Waals surface area contributed by atoms with E-state index >= 15 is 0 Å². The smallest absolute Gasteiger partial charge is 0.124 e. The summed E-state index contributed by atoms with van der Waals surface area (Å²) in [5.41, 5.74) is 2.14. The molecule has 0 spiro atoms. The minimum absolute atomic E-state index is 0.473. The topological polar surface area (TPSA) is 30.5 Å². The van der Waals surface area contributed by atoms with Gasteiger partial charge in [0.1, 0.15) is 12.4 Å². The Bertz CT molecular complexity index is 575. The molecule has 0 amide bonds. The molecule has 2 rings (SSSR count). The van der Waals surface area contributed by atoms with E-state index < -0.39 is 0 Å². The van der Waals surface area contributed by atoms with Crippen molar-refractivity contribution in [2.45, 2.75) is 19.6 Å². The highest BCUT2D eigenvalue weighted by Crippen LogP contribution is 2.21. The van der Waals surface area contributed by atoms with Gasteiger partial charge >= 0.3 is 0 Å². The van der Waals surface area contributed by atoms with E-state index in [0.717, 1.165) is 48.0 Å². The fourth-order valence-corrected chi connectivity index (χ4v) is 2.32. The van der Waals surface area contributed by atoms with Crippen molar-refractivity contribution in [1.82, 2.24) is 5.32 Å². The number of benzene rings is 2. The lowest BCUT2D eigenvalue weighted by atomic mass is 10.2. The number of hydrogen-bond acceptors (Lipinski definition) is 3. The second-order valence-electron chi connectivity index (χ2n) is 5.01. The van der Waals surface area contributed by atoms with Crippen LogP contribution in [0.3, 0.4) is 0 Å². The van der Waals surface area contributed by atoms with Crippen LogP contribution in [-0.4, -0.2) is 20.3 Å². The Morgan fingerprint density at radius 1 is 1.00 bits per heavy atom. The van der Waals surface area contributed by atoms with Gasteiger partial charge in [-0.3, -0.25) is 0 Å². The molecular weight excluding hydrogens is 298 g/mol. The van der Waals surface area contributed by atoms with Gasteiger partial charge in [0.15, 0.2) is 0 Å². The number of hydrogen-bond donors (Lipinski definition) is 1. The Morgan fingerprint density at radius 2 is 1.73 bits per heavy atom. The molecule has 0 saturated heterocycles. The molecule has 0 heterocycles. The van der Waals surface area contributed by atoms with Crippen molar-refractivity contribution in [2.24, 2.45) is 0 Å². The maximum atomic E-state index is 6.16. The molecule has 0 bridgehead atoms. The summed E-state index contributed by atoms with van der Waals surface area (Å²) in [6.45, 7) is 2.95. The third-order valence-electron chi connectivity index (χ3n) is 3.33. The summed E-state index contributed by atoms with van der Waals surface area (Å²) in [6.07, 6.45) is 0.999. The van der Waals surface area contributed by atoms with Gasteiger partial charge in [0.05, 0.1) is 0 Å². The highest BCUT2D eigenvalue weighted by Gasteiger charge is 2.05. The van der Waals surface area contributed by atoms with Gasteiger partial charge in [-0.05, 0) is 25.1 Å². The van der Waals surface area contributed by atoms with Crippen LogP contribution in [0.1, 0.15) is 17.5 Å². The molecule has 0 atom stereocenters. The third kappa shape index (κ3) is 5.34. The fourth-order valence-electron chi connectivity index (χ4n) is 2.13. The first-order valence-electron chi connectivity index (χ1n) is 7.45. The number of nitrogens with one attached hydrogen (secondary N) is 1. The molecule has 0 aromatic heterocycles. The largest absolute Gasteiger partial charge is 0.489 e. The van der Waals surface area contributed by atoms with Gasteiger partial charge in [-0.25, -0.2) is 0 Å². The molecule has 0 saturated carbocycles. The van der Waals surface area contributed by atoms with E-state index in [9.17, 15) is 0 Å². The van der Waals surface area contributed by atoms with Crippen LogP contribution in [0.2, 0.25) is 5.02 Å². The number of halogens is 1. The normalized spacial score (nSPS) is 10.6. The average Bonchev–Trinajstić information content (AvgIpc) is 2.55. The van der Waals surface area contributed by atoms with E-state index in [2.05, 4.69) is 11.4 Å². The Morgan fingerprint density at radius 3 is 2.50 bits per heavy atom. The zero-order chi connectivity index (χ0) is 15.6. The molecular formula is C18H22ClNO2. The van der Waals surface area contributed by atoms with Crippen molar-refractivity contribution < 1.29 is 9.47 Å². The Kier molecular flexibility index (Phi) is 7.23. The van der Waals surface area contributed by atoms with Crippen molar-refractivity contribution in [3.05, 3.63) is 64.7 Å². The van der Waals surface area contributed by atoms with Gasteiger partial charge in [0.25, 0.3) is 0 Å². The standard InChI is InChI=1S/C18H22ClNO2/c1-21-12-6-11-20-13-15-7-3-5-10-18(15)22-14-16-8-2-4-9-17(16)19/h2-5,7-10,20H,6,11-14H2,1H3. The van der Waals surface area contributed by atoms with E-state index in [4.69, 9.17) is 21.1 Å². The summed E-state index contributed by atoms with van der Waals surface area (Å²) in [5.74, 6) is 0.890. The maximum Gasteiger partial charge on any atom is 0.124 e. The second kappa shape index (κ2) is 9.46. The summed E-state index contributed by atoms with van der Waals surface area (Å²) in [7, 11) is 1.72. The molecule has 0 fully saturated rings. The summed E-state index contributed by atoms with van der Waals surface area (Å²) in [6, 6.07) is 15.8. The van der Waals surface area contributed by atoms with Crippen molar-refractivity contribution in [3.63, 3.8) is 0 Å². The molecule has 4 heteroatoms. The van der Waals surface area contributed by atoms with Crippen LogP contribution in [0.15, 0.2) is 48.5 Å². The van der Waals surface area contributed by atoms with E-state index in [1.54, 1.807) is 7.11 Å². The summed E-state index contributed by atoms with van der Waals surface area (Å²) >= 11 is 6.16. The van der Waals surface area contributed by atoms with Gasteiger partial charge in [0, 0.05) is 36.4 Å².